The zero-order valence-corrected chi connectivity index (χ0v) is 22.3. The molecule has 2 aliphatic heterocycles. The number of fused-ring (bicyclic) bond motifs is 1. The standard InChI is InChI=1S/C27H30O16/c1-8-17(32)20(35)22(37)26(39-8)40-10-5-13(31)16-14(6-10)41-24(9-2-3-11(29)12(30)4-9)25(19(16)34)43-27-23(38)21(36)18(33)15(7-28)42-27/h2-6,8,15,17-18,20-23,26-33,35-38H,7H2,1H3/t8-,15+,17+,18+,20+,21-,22+,23+,26-,27-/m0/s1. The number of phenols is 3. The van der Waals surface area contributed by atoms with Crippen LogP contribution in [0.3, 0.4) is 0 Å². The number of rotatable bonds is 6. The first kappa shape index (κ1) is 30.7. The Kier molecular flexibility index (Phi) is 8.41. The summed E-state index contributed by atoms with van der Waals surface area (Å²) in [6, 6.07) is 5.43. The van der Waals surface area contributed by atoms with Gasteiger partial charge >= 0.3 is 0 Å². The van der Waals surface area contributed by atoms with E-state index in [4.69, 9.17) is 23.4 Å². The van der Waals surface area contributed by atoms with E-state index in [1.807, 2.05) is 0 Å². The molecular formula is C27H30O16. The second kappa shape index (κ2) is 11.8. The molecule has 2 aromatic carbocycles. The highest BCUT2D eigenvalue weighted by Crippen LogP contribution is 2.40. The summed E-state index contributed by atoms with van der Waals surface area (Å²) in [6.07, 6.45) is -15.9. The largest absolute Gasteiger partial charge is 0.507 e. The zero-order chi connectivity index (χ0) is 31.3. The molecule has 234 valence electrons. The summed E-state index contributed by atoms with van der Waals surface area (Å²) in [5.74, 6) is -3.14. The molecule has 10 N–H and O–H groups in total. The van der Waals surface area contributed by atoms with Crippen molar-refractivity contribution in [2.45, 2.75) is 68.3 Å². The monoisotopic (exact) mass is 610 g/mol. The SMILES string of the molecule is C[C@@H]1O[C@@H](Oc2cc(O)c3c(=O)c(O[C@@H]4O[C@H](CO)[C@@H](O)[C@H](O)[C@H]4O)c(-c4ccc(O)c(O)c4)oc3c2)[C@H](O)[C@H](O)[C@@H]1O. The normalized spacial score (nSPS) is 32.9. The van der Waals surface area contributed by atoms with Gasteiger partial charge in [0.1, 0.15) is 65.2 Å². The van der Waals surface area contributed by atoms with Gasteiger partial charge in [-0.05, 0) is 25.1 Å². The van der Waals surface area contributed by atoms with Gasteiger partial charge in [-0.15, -0.1) is 0 Å². The van der Waals surface area contributed by atoms with E-state index >= 15 is 0 Å². The van der Waals surface area contributed by atoms with Gasteiger partial charge in [0.2, 0.25) is 23.8 Å². The summed E-state index contributed by atoms with van der Waals surface area (Å²) >= 11 is 0. The summed E-state index contributed by atoms with van der Waals surface area (Å²) in [5, 5.41) is 101. The van der Waals surface area contributed by atoms with Crippen molar-refractivity contribution in [3.63, 3.8) is 0 Å². The highest BCUT2D eigenvalue weighted by Gasteiger charge is 2.46. The van der Waals surface area contributed by atoms with Crippen molar-refractivity contribution < 1.29 is 74.4 Å². The molecule has 16 heteroatoms. The minimum Gasteiger partial charge on any atom is -0.507 e. The predicted molar refractivity (Wildman–Crippen MR) is 140 cm³/mol. The van der Waals surface area contributed by atoms with Crippen molar-refractivity contribution in [1.29, 1.82) is 0 Å². The molecule has 0 bridgehead atoms. The number of ether oxygens (including phenoxy) is 4. The van der Waals surface area contributed by atoms with Crippen molar-refractivity contribution >= 4 is 11.0 Å². The molecule has 5 rings (SSSR count). The second-order valence-electron chi connectivity index (χ2n) is 10.2. The molecule has 43 heavy (non-hydrogen) atoms. The number of hydrogen-bond donors (Lipinski definition) is 10. The van der Waals surface area contributed by atoms with Gasteiger partial charge in [0, 0.05) is 17.7 Å². The lowest BCUT2D eigenvalue weighted by atomic mass is 9.99. The number of aliphatic hydroxyl groups is 7. The summed E-state index contributed by atoms with van der Waals surface area (Å²) in [5.41, 5.74) is -1.40. The predicted octanol–water partition coefficient (Wildman–Crippen LogP) is -2.04. The molecule has 0 saturated carbocycles. The minimum atomic E-state index is -1.92. The fourth-order valence-electron chi connectivity index (χ4n) is 4.81. The van der Waals surface area contributed by atoms with Gasteiger partial charge in [-0.1, -0.05) is 0 Å². The number of hydrogen-bond acceptors (Lipinski definition) is 16. The lowest BCUT2D eigenvalue weighted by Gasteiger charge is -2.39. The Balaban J connectivity index is 1.61. The zero-order valence-electron chi connectivity index (χ0n) is 22.3. The molecule has 0 unspecified atom stereocenters. The molecular weight excluding hydrogens is 580 g/mol. The number of phenolic OH excluding ortho intramolecular Hbond substituents is 3. The van der Waals surface area contributed by atoms with Crippen molar-refractivity contribution in [2.24, 2.45) is 0 Å². The van der Waals surface area contributed by atoms with Crippen LogP contribution in [-0.4, -0.2) is 119 Å². The molecule has 2 saturated heterocycles. The molecule has 3 aromatic rings. The molecule has 2 aliphatic rings. The minimum absolute atomic E-state index is 0.0447. The summed E-state index contributed by atoms with van der Waals surface area (Å²) in [4.78, 5) is 13.7. The van der Waals surface area contributed by atoms with Crippen LogP contribution in [0.25, 0.3) is 22.3 Å². The van der Waals surface area contributed by atoms with E-state index in [0.29, 0.717) is 0 Å². The molecule has 0 spiro atoms. The van der Waals surface area contributed by atoms with E-state index in [-0.39, 0.29) is 16.9 Å². The van der Waals surface area contributed by atoms with E-state index in [1.54, 1.807) is 0 Å². The van der Waals surface area contributed by atoms with E-state index in [1.165, 1.54) is 13.0 Å². The smallest absolute Gasteiger partial charge is 0.239 e. The van der Waals surface area contributed by atoms with Crippen LogP contribution >= 0.6 is 0 Å². The molecule has 0 amide bonds. The van der Waals surface area contributed by atoms with Crippen LogP contribution in [-0.2, 0) is 9.47 Å². The highest BCUT2D eigenvalue weighted by atomic mass is 16.7. The van der Waals surface area contributed by atoms with Crippen LogP contribution in [0.5, 0.6) is 28.7 Å². The van der Waals surface area contributed by atoms with Crippen molar-refractivity contribution in [2.75, 3.05) is 6.61 Å². The first-order chi connectivity index (χ1) is 20.3. The van der Waals surface area contributed by atoms with Gasteiger partial charge in [-0.2, -0.15) is 0 Å². The third-order valence-corrected chi connectivity index (χ3v) is 7.29. The quantitative estimate of drug-likeness (QED) is 0.135. The van der Waals surface area contributed by atoms with Crippen LogP contribution in [0.4, 0.5) is 0 Å². The number of aliphatic hydroxyl groups excluding tert-OH is 7. The first-order valence-electron chi connectivity index (χ1n) is 13.0. The molecule has 0 aliphatic carbocycles. The van der Waals surface area contributed by atoms with Gasteiger partial charge < -0.3 is 74.4 Å². The van der Waals surface area contributed by atoms with Gasteiger partial charge in [0.05, 0.1) is 12.7 Å². The van der Waals surface area contributed by atoms with Gasteiger partial charge in [0.25, 0.3) is 0 Å². The molecule has 3 heterocycles. The Morgan fingerprint density at radius 2 is 1.40 bits per heavy atom. The first-order valence-corrected chi connectivity index (χ1v) is 13.0. The Labute approximate surface area is 241 Å². The second-order valence-corrected chi connectivity index (χ2v) is 10.2. The Hall–Kier alpha value is -3.71. The van der Waals surface area contributed by atoms with Crippen LogP contribution in [0, 0.1) is 0 Å². The maximum absolute atomic E-state index is 13.7. The van der Waals surface area contributed by atoms with Crippen LogP contribution in [0.15, 0.2) is 39.5 Å². The highest BCUT2D eigenvalue weighted by molar-refractivity contribution is 5.88. The summed E-state index contributed by atoms with van der Waals surface area (Å²) in [7, 11) is 0. The van der Waals surface area contributed by atoms with Gasteiger partial charge in [0.15, 0.2) is 17.3 Å². The average molecular weight is 611 g/mol. The molecule has 10 atom stereocenters. The maximum Gasteiger partial charge on any atom is 0.239 e. The Morgan fingerprint density at radius 3 is 2.05 bits per heavy atom. The molecule has 16 nitrogen and oxygen atoms in total. The van der Waals surface area contributed by atoms with E-state index in [0.717, 1.165) is 24.3 Å². The van der Waals surface area contributed by atoms with Crippen LogP contribution in [0.1, 0.15) is 6.92 Å². The van der Waals surface area contributed by atoms with Crippen molar-refractivity contribution in [3.05, 3.63) is 40.6 Å². The topological polar surface area (TPSA) is 269 Å². The molecule has 0 radical (unpaired) electrons. The van der Waals surface area contributed by atoms with E-state index in [2.05, 4.69) is 0 Å². The fraction of sp³-hybridized carbons (Fsp3) is 0.444. The van der Waals surface area contributed by atoms with Crippen LogP contribution in [0.2, 0.25) is 0 Å². The molecule has 2 fully saturated rings. The van der Waals surface area contributed by atoms with Crippen LogP contribution < -0.4 is 14.9 Å². The number of benzene rings is 2. The third-order valence-electron chi connectivity index (χ3n) is 7.29. The van der Waals surface area contributed by atoms with Gasteiger partial charge in [-0.25, -0.2) is 0 Å². The average Bonchev–Trinajstić information content (AvgIpc) is 2.97. The molecule has 1 aromatic heterocycles. The summed E-state index contributed by atoms with van der Waals surface area (Å²) in [6.45, 7) is 0.650. The Bertz CT molecular complexity index is 1540. The van der Waals surface area contributed by atoms with E-state index < -0.39 is 108 Å². The Morgan fingerprint density at radius 1 is 0.744 bits per heavy atom. The third kappa shape index (κ3) is 5.55. The van der Waals surface area contributed by atoms with E-state index in [9.17, 15) is 55.9 Å². The number of aromatic hydroxyl groups is 3. The lowest BCUT2D eigenvalue weighted by molar-refractivity contribution is -0.277. The van der Waals surface area contributed by atoms with Crippen molar-refractivity contribution in [1.82, 2.24) is 0 Å². The van der Waals surface area contributed by atoms with Gasteiger partial charge in [-0.3, -0.25) is 4.79 Å². The fourth-order valence-corrected chi connectivity index (χ4v) is 4.81. The maximum atomic E-state index is 13.7. The summed E-state index contributed by atoms with van der Waals surface area (Å²) < 4.78 is 27.8. The van der Waals surface area contributed by atoms with Crippen molar-refractivity contribution in [3.8, 4) is 40.1 Å². The lowest BCUT2D eigenvalue weighted by Crippen LogP contribution is -2.60.